The van der Waals surface area contributed by atoms with Crippen LogP contribution in [0.1, 0.15) is 6.42 Å². The van der Waals surface area contributed by atoms with Gasteiger partial charge < -0.3 is 30.2 Å². The summed E-state index contributed by atoms with van der Waals surface area (Å²) in [5.74, 6) is 0.845. The number of nitrogens with zero attached hydrogens (tertiary/aromatic N) is 3. The molecular weight excluding hydrogens is 454 g/mol. The number of H-pyrrole nitrogens is 2. The maximum Gasteiger partial charge on any atom is 0.276 e. The van der Waals surface area contributed by atoms with Gasteiger partial charge in [-0.3, -0.25) is 9.69 Å². The number of ether oxygens (including phenoxy) is 1. The largest absolute Gasteiger partial charge is 0.475 e. The number of benzene rings is 2. The summed E-state index contributed by atoms with van der Waals surface area (Å²) in [5, 5.41) is 7.87. The van der Waals surface area contributed by atoms with Crippen LogP contribution >= 0.6 is 0 Å². The van der Waals surface area contributed by atoms with Crippen molar-refractivity contribution < 1.29 is 4.74 Å². The van der Waals surface area contributed by atoms with Crippen LogP contribution in [-0.4, -0.2) is 89.9 Å². The molecule has 4 aromatic rings. The third kappa shape index (κ3) is 5.01. The fraction of sp³-hybridized carbons (Fsp3) is 0.407. The lowest BCUT2D eigenvalue weighted by molar-refractivity contribution is 0.00371. The molecular formula is C27H33N7O2. The van der Waals surface area contributed by atoms with Crippen molar-refractivity contribution in [1.82, 2.24) is 35.4 Å². The molecule has 6 rings (SSSR count). The quantitative estimate of drug-likeness (QED) is 0.316. The number of aromatic nitrogens is 3. The molecule has 0 spiro atoms. The van der Waals surface area contributed by atoms with Crippen molar-refractivity contribution in [2.75, 3.05) is 58.9 Å². The lowest BCUT2D eigenvalue weighted by atomic mass is 10.2. The maximum atomic E-state index is 12.7. The first-order valence-corrected chi connectivity index (χ1v) is 12.9. The van der Waals surface area contributed by atoms with E-state index in [1.807, 2.05) is 42.5 Å². The van der Waals surface area contributed by atoms with Gasteiger partial charge in [0.15, 0.2) is 11.9 Å². The second-order valence-electron chi connectivity index (χ2n) is 9.60. The van der Waals surface area contributed by atoms with Crippen LogP contribution in [0.25, 0.3) is 33.3 Å². The first-order valence-electron chi connectivity index (χ1n) is 12.9. The fourth-order valence-corrected chi connectivity index (χ4v) is 5.19. The maximum absolute atomic E-state index is 12.7. The van der Waals surface area contributed by atoms with E-state index in [-0.39, 0.29) is 11.8 Å². The molecule has 2 aromatic heterocycles. The van der Waals surface area contributed by atoms with Crippen molar-refractivity contribution in [1.29, 1.82) is 0 Å². The van der Waals surface area contributed by atoms with Gasteiger partial charge in [-0.25, -0.2) is 4.98 Å². The van der Waals surface area contributed by atoms with Crippen LogP contribution in [0.15, 0.2) is 53.3 Å². The molecule has 1 atom stereocenters. The first kappa shape index (κ1) is 23.2. The van der Waals surface area contributed by atoms with Crippen molar-refractivity contribution in [2.45, 2.75) is 12.6 Å². The molecule has 1 unspecified atom stereocenters. The number of nitrogens with one attached hydrogen (secondary N) is 4. The van der Waals surface area contributed by atoms with Gasteiger partial charge in [0.25, 0.3) is 5.56 Å². The third-order valence-corrected chi connectivity index (χ3v) is 7.18. The van der Waals surface area contributed by atoms with Crippen molar-refractivity contribution in [2.24, 2.45) is 0 Å². The van der Waals surface area contributed by atoms with Gasteiger partial charge in [0.2, 0.25) is 0 Å². The Kier molecular flexibility index (Phi) is 6.69. The van der Waals surface area contributed by atoms with E-state index in [2.05, 4.69) is 41.5 Å². The molecule has 4 heterocycles. The zero-order chi connectivity index (χ0) is 24.3. The zero-order valence-electron chi connectivity index (χ0n) is 20.4. The van der Waals surface area contributed by atoms with Gasteiger partial charge in [-0.1, -0.05) is 12.1 Å². The van der Waals surface area contributed by atoms with Gasteiger partial charge in [0.05, 0.1) is 16.7 Å². The average Bonchev–Trinajstić information content (AvgIpc) is 3.35. The minimum Gasteiger partial charge on any atom is -0.475 e. The number of rotatable bonds is 7. The topological polar surface area (TPSA) is 101 Å². The summed E-state index contributed by atoms with van der Waals surface area (Å²) < 4.78 is 6.61. The highest BCUT2D eigenvalue weighted by Crippen LogP contribution is 2.27. The highest BCUT2D eigenvalue weighted by atomic mass is 16.5. The number of aromatic amines is 2. The Morgan fingerprint density at radius 2 is 1.67 bits per heavy atom. The monoisotopic (exact) mass is 487 g/mol. The Labute approximate surface area is 209 Å². The second-order valence-corrected chi connectivity index (χ2v) is 9.60. The average molecular weight is 488 g/mol. The number of hydrogen-bond acceptors (Lipinski definition) is 7. The third-order valence-electron chi connectivity index (χ3n) is 7.18. The van der Waals surface area contributed by atoms with E-state index in [1.54, 1.807) is 0 Å². The minimum absolute atomic E-state index is 0.0304. The normalized spacial score (nSPS) is 18.6. The van der Waals surface area contributed by atoms with Crippen molar-refractivity contribution >= 4 is 21.9 Å². The van der Waals surface area contributed by atoms with Crippen LogP contribution in [-0.2, 0) is 0 Å². The van der Waals surface area contributed by atoms with Gasteiger partial charge in [-0.15, -0.1) is 0 Å². The van der Waals surface area contributed by atoms with Gasteiger partial charge in [0, 0.05) is 76.2 Å². The molecule has 4 N–H and O–H groups in total. The molecule has 2 aliphatic rings. The van der Waals surface area contributed by atoms with Gasteiger partial charge in [-0.05, 0) is 36.4 Å². The Morgan fingerprint density at radius 1 is 0.889 bits per heavy atom. The Morgan fingerprint density at radius 3 is 2.50 bits per heavy atom. The smallest absolute Gasteiger partial charge is 0.276 e. The summed E-state index contributed by atoms with van der Waals surface area (Å²) in [6, 6.07) is 15.7. The molecule has 2 fully saturated rings. The van der Waals surface area contributed by atoms with Crippen LogP contribution in [0.2, 0.25) is 0 Å². The lowest BCUT2D eigenvalue weighted by Gasteiger charge is -2.36. The van der Waals surface area contributed by atoms with Crippen molar-refractivity contribution in [3.63, 3.8) is 0 Å². The number of fused-ring (bicyclic) bond motifs is 2. The molecule has 2 saturated heterocycles. The Balaban J connectivity index is 1.24. The minimum atomic E-state index is -0.205. The van der Waals surface area contributed by atoms with Crippen LogP contribution in [0.5, 0.6) is 5.75 Å². The predicted molar refractivity (Wildman–Crippen MR) is 142 cm³/mol. The summed E-state index contributed by atoms with van der Waals surface area (Å²) in [7, 11) is 0. The Hall–Kier alpha value is -3.24. The number of para-hydroxylation sites is 2. The second kappa shape index (κ2) is 10.4. The van der Waals surface area contributed by atoms with E-state index in [1.165, 1.54) is 0 Å². The van der Waals surface area contributed by atoms with Gasteiger partial charge >= 0.3 is 0 Å². The van der Waals surface area contributed by atoms with E-state index in [0.29, 0.717) is 11.4 Å². The molecule has 36 heavy (non-hydrogen) atoms. The first-order chi connectivity index (χ1) is 17.7. The molecule has 9 nitrogen and oxygen atoms in total. The Bertz CT molecular complexity index is 1390. The summed E-state index contributed by atoms with van der Waals surface area (Å²) in [6.45, 7) is 9.27. The highest BCUT2D eigenvalue weighted by Gasteiger charge is 2.24. The molecule has 0 aliphatic carbocycles. The zero-order valence-corrected chi connectivity index (χ0v) is 20.4. The standard InChI is InChI=1S/C27H33N7O2/c35-27-26(31-22-3-1-2-4-23(22)32-27)24-18-19-17-20(5-6-21(19)30-24)36-25(34-15-10-29-11-16-34)7-12-33-13-8-28-9-14-33/h1-6,17-18,25,28-30H,7-16H2,(H,32,35). The lowest BCUT2D eigenvalue weighted by Crippen LogP contribution is -2.52. The fourth-order valence-electron chi connectivity index (χ4n) is 5.19. The van der Waals surface area contributed by atoms with E-state index in [0.717, 1.165) is 93.0 Å². The predicted octanol–water partition coefficient (Wildman–Crippen LogP) is 1.98. The summed E-state index contributed by atoms with van der Waals surface area (Å²) in [5.41, 5.74) is 3.33. The van der Waals surface area contributed by atoms with Gasteiger partial charge in [-0.2, -0.15) is 0 Å². The molecule has 0 amide bonds. The van der Waals surface area contributed by atoms with E-state index >= 15 is 0 Å². The van der Waals surface area contributed by atoms with Crippen LogP contribution in [0.4, 0.5) is 0 Å². The van der Waals surface area contributed by atoms with Crippen molar-refractivity contribution in [3.8, 4) is 17.1 Å². The molecule has 2 aliphatic heterocycles. The molecule has 9 heteroatoms. The van der Waals surface area contributed by atoms with E-state index in [4.69, 9.17) is 4.74 Å². The molecule has 0 saturated carbocycles. The molecule has 0 bridgehead atoms. The summed E-state index contributed by atoms with van der Waals surface area (Å²) in [6.07, 6.45) is 0.996. The van der Waals surface area contributed by atoms with Crippen LogP contribution in [0.3, 0.4) is 0 Å². The molecule has 188 valence electrons. The summed E-state index contributed by atoms with van der Waals surface area (Å²) in [4.78, 5) is 28.6. The number of hydrogen-bond donors (Lipinski definition) is 4. The number of piperazine rings is 2. The molecule has 0 radical (unpaired) electrons. The highest BCUT2D eigenvalue weighted by molar-refractivity contribution is 5.87. The van der Waals surface area contributed by atoms with Crippen LogP contribution in [0, 0.1) is 0 Å². The van der Waals surface area contributed by atoms with Crippen LogP contribution < -0.4 is 20.9 Å². The molecule has 2 aromatic carbocycles. The summed E-state index contributed by atoms with van der Waals surface area (Å²) >= 11 is 0. The SMILES string of the molecule is O=c1[nH]c2ccccc2nc1-c1cc2cc(OC(CCN3CCNCC3)N3CCNCC3)ccc2[nH]1. The van der Waals surface area contributed by atoms with Crippen molar-refractivity contribution in [3.05, 3.63) is 58.9 Å². The van der Waals surface area contributed by atoms with E-state index < -0.39 is 0 Å². The van der Waals surface area contributed by atoms with E-state index in [9.17, 15) is 4.79 Å². The van der Waals surface area contributed by atoms with Gasteiger partial charge in [0.1, 0.15) is 5.75 Å².